The van der Waals surface area contributed by atoms with Gasteiger partial charge in [0.05, 0.1) is 11.8 Å². The molecule has 1 aromatic rings. The molecule has 0 aliphatic carbocycles. The normalized spacial score (nSPS) is 12.5. The molecule has 0 spiro atoms. The Morgan fingerprint density at radius 3 is 2.86 bits per heavy atom. The number of hydrogen-bond acceptors (Lipinski definition) is 2. The molecule has 14 heavy (non-hydrogen) atoms. The molecule has 0 saturated carbocycles. The second kappa shape index (κ2) is 5.25. The Balaban J connectivity index is 2.70. The van der Waals surface area contributed by atoms with Crippen LogP contribution >= 0.6 is 15.9 Å². The topological polar surface area (TPSA) is 35.2 Å². The van der Waals surface area contributed by atoms with Crippen molar-refractivity contribution in [2.75, 3.05) is 5.73 Å². The molecule has 1 aromatic carbocycles. The van der Waals surface area contributed by atoms with Crippen molar-refractivity contribution in [1.29, 1.82) is 0 Å². The molecule has 0 aromatic heterocycles. The third kappa shape index (κ3) is 3.22. The van der Waals surface area contributed by atoms with E-state index in [2.05, 4.69) is 29.8 Å². The third-order valence-electron chi connectivity index (χ3n) is 2.00. The lowest BCUT2D eigenvalue weighted by Crippen LogP contribution is -2.12. The molecule has 2 N–H and O–H groups in total. The zero-order valence-electron chi connectivity index (χ0n) is 8.59. The summed E-state index contributed by atoms with van der Waals surface area (Å²) in [5.41, 5.74) is 6.48. The predicted octanol–water partition coefficient (Wildman–Crippen LogP) is 3.60. The van der Waals surface area contributed by atoms with Crippen LogP contribution in [-0.4, -0.2) is 6.10 Å². The minimum absolute atomic E-state index is 0.219. The number of halogens is 1. The summed E-state index contributed by atoms with van der Waals surface area (Å²) >= 11 is 3.39. The summed E-state index contributed by atoms with van der Waals surface area (Å²) in [5.74, 6) is 0.764. The SMILES string of the molecule is CCCC(C)Oc1cc(Br)ccc1N. The summed E-state index contributed by atoms with van der Waals surface area (Å²) in [6, 6.07) is 5.66. The van der Waals surface area contributed by atoms with E-state index in [0.29, 0.717) is 5.69 Å². The van der Waals surface area contributed by atoms with Gasteiger partial charge in [-0.15, -0.1) is 0 Å². The Bertz CT molecular complexity index is 301. The Morgan fingerprint density at radius 1 is 1.50 bits per heavy atom. The number of ether oxygens (including phenoxy) is 1. The van der Waals surface area contributed by atoms with Gasteiger partial charge < -0.3 is 10.5 Å². The highest BCUT2D eigenvalue weighted by molar-refractivity contribution is 9.10. The molecule has 0 fully saturated rings. The van der Waals surface area contributed by atoms with Crippen molar-refractivity contribution < 1.29 is 4.74 Å². The van der Waals surface area contributed by atoms with E-state index in [1.807, 2.05) is 18.2 Å². The highest BCUT2D eigenvalue weighted by Gasteiger charge is 2.06. The Hall–Kier alpha value is -0.700. The van der Waals surface area contributed by atoms with Crippen LogP contribution in [0.15, 0.2) is 22.7 Å². The highest BCUT2D eigenvalue weighted by Crippen LogP contribution is 2.27. The van der Waals surface area contributed by atoms with Crippen LogP contribution in [0.4, 0.5) is 5.69 Å². The largest absolute Gasteiger partial charge is 0.489 e. The van der Waals surface area contributed by atoms with Crippen LogP contribution in [0.3, 0.4) is 0 Å². The van der Waals surface area contributed by atoms with Gasteiger partial charge >= 0.3 is 0 Å². The molecule has 1 unspecified atom stereocenters. The maximum Gasteiger partial charge on any atom is 0.143 e. The van der Waals surface area contributed by atoms with E-state index in [4.69, 9.17) is 10.5 Å². The molecule has 78 valence electrons. The summed E-state index contributed by atoms with van der Waals surface area (Å²) in [6.07, 6.45) is 2.39. The molecule has 1 rings (SSSR count). The van der Waals surface area contributed by atoms with Crippen LogP contribution in [0, 0.1) is 0 Å². The van der Waals surface area contributed by atoms with Crippen molar-refractivity contribution in [3.63, 3.8) is 0 Å². The fourth-order valence-corrected chi connectivity index (χ4v) is 1.63. The van der Waals surface area contributed by atoms with Crippen LogP contribution in [0.1, 0.15) is 26.7 Å². The van der Waals surface area contributed by atoms with E-state index in [1.165, 1.54) is 0 Å². The maximum absolute atomic E-state index is 5.79. The summed E-state index contributed by atoms with van der Waals surface area (Å²) in [6.45, 7) is 4.20. The summed E-state index contributed by atoms with van der Waals surface area (Å²) in [7, 11) is 0. The molecular weight excluding hydrogens is 242 g/mol. The van der Waals surface area contributed by atoms with Crippen molar-refractivity contribution in [1.82, 2.24) is 0 Å². The van der Waals surface area contributed by atoms with E-state index in [-0.39, 0.29) is 6.10 Å². The molecule has 0 radical (unpaired) electrons. The van der Waals surface area contributed by atoms with Crippen molar-refractivity contribution in [3.8, 4) is 5.75 Å². The molecule has 0 aliphatic rings. The average molecular weight is 258 g/mol. The fourth-order valence-electron chi connectivity index (χ4n) is 1.29. The van der Waals surface area contributed by atoms with Gasteiger partial charge in [-0.2, -0.15) is 0 Å². The van der Waals surface area contributed by atoms with Gasteiger partial charge in [-0.1, -0.05) is 29.3 Å². The first kappa shape index (κ1) is 11.4. The van der Waals surface area contributed by atoms with Gasteiger partial charge in [-0.3, -0.25) is 0 Å². The van der Waals surface area contributed by atoms with Crippen LogP contribution in [0.5, 0.6) is 5.75 Å². The van der Waals surface area contributed by atoms with E-state index in [0.717, 1.165) is 23.1 Å². The first-order valence-electron chi connectivity index (χ1n) is 4.85. The second-order valence-corrected chi connectivity index (χ2v) is 4.31. The third-order valence-corrected chi connectivity index (χ3v) is 2.49. The lowest BCUT2D eigenvalue weighted by atomic mass is 10.2. The van der Waals surface area contributed by atoms with Gasteiger partial charge in [-0.25, -0.2) is 0 Å². The quantitative estimate of drug-likeness (QED) is 0.837. The summed E-state index contributed by atoms with van der Waals surface area (Å²) in [4.78, 5) is 0. The molecule has 0 amide bonds. The van der Waals surface area contributed by atoms with Crippen LogP contribution < -0.4 is 10.5 Å². The molecule has 3 heteroatoms. The maximum atomic E-state index is 5.79. The summed E-state index contributed by atoms with van der Waals surface area (Å²) in [5, 5.41) is 0. The monoisotopic (exact) mass is 257 g/mol. The molecule has 0 aliphatic heterocycles. The Morgan fingerprint density at radius 2 is 2.21 bits per heavy atom. The van der Waals surface area contributed by atoms with E-state index < -0.39 is 0 Å². The van der Waals surface area contributed by atoms with E-state index in [9.17, 15) is 0 Å². The van der Waals surface area contributed by atoms with Crippen LogP contribution in [0.25, 0.3) is 0 Å². The number of rotatable bonds is 4. The molecule has 0 bridgehead atoms. The lowest BCUT2D eigenvalue weighted by molar-refractivity contribution is 0.211. The smallest absolute Gasteiger partial charge is 0.143 e. The van der Waals surface area contributed by atoms with Crippen molar-refractivity contribution in [2.24, 2.45) is 0 Å². The molecule has 0 heterocycles. The Labute approximate surface area is 93.6 Å². The second-order valence-electron chi connectivity index (χ2n) is 3.40. The molecule has 0 saturated heterocycles. The first-order valence-corrected chi connectivity index (χ1v) is 5.64. The van der Waals surface area contributed by atoms with Gasteiger partial charge in [0, 0.05) is 4.47 Å². The van der Waals surface area contributed by atoms with Crippen LogP contribution in [0.2, 0.25) is 0 Å². The number of hydrogen-bond donors (Lipinski definition) is 1. The standard InChI is InChI=1S/C11H16BrNO/c1-3-4-8(2)14-11-7-9(12)5-6-10(11)13/h5-8H,3-4,13H2,1-2H3. The van der Waals surface area contributed by atoms with Crippen molar-refractivity contribution in [3.05, 3.63) is 22.7 Å². The number of benzene rings is 1. The van der Waals surface area contributed by atoms with Gasteiger partial charge in [0.1, 0.15) is 5.75 Å². The predicted molar refractivity (Wildman–Crippen MR) is 63.6 cm³/mol. The van der Waals surface area contributed by atoms with Crippen molar-refractivity contribution in [2.45, 2.75) is 32.8 Å². The first-order chi connectivity index (χ1) is 6.63. The van der Waals surface area contributed by atoms with Gasteiger partial charge in [0.15, 0.2) is 0 Å². The zero-order valence-corrected chi connectivity index (χ0v) is 10.2. The van der Waals surface area contributed by atoms with Crippen molar-refractivity contribution >= 4 is 21.6 Å². The Kier molecular flexibility index (Phi) is 4.26. The average Bonchev–Trinajstić information content (AvgIpc) is 2.12. The van der Waals surface area contributed by atoms with E-state index in [1.54, 1.807) is 0 Å². The van der Waals surface area contributed by atoms with E-state index >= 15 is 0 Å². The lowest BCUT2D eigenvalue weighted by Gasteiger charge is -2.15. The molecule has 1 atom stereocenters. The number of nitrogens with two attached hydrogens (primary N) is 1. The fraction of sp³-hybridized carbons (Fsp3) is 0.455. The minimum Gasteiger partial charge on any atom is -0.489 e. The zero-order chi connectivity index (χ0) is 10.6. The number of anilines is 1. The highest BCUT2D eigenvalue weighted by atomic mass is 79.9. The van der Waals surface area contributed by atoms with Crippen LogP contribution in [-0.2, 0) is 0 Å². The van der Waals surface area contributed by atoms with Gasteiger partial charge in [0.25, 0.3) is 0 Å². The number of nitrogen functional groups attached to an aromatic ring is 1. The summed E-state index contributed by atoms with van der Waals surface area (Å²) < 4.78 is 6.70. The molecule has 2 nitrogen and oxygen atoms in total. The van der Waals surface area contributed by atoms with Gasteiger partial charge in [0.2, 0.25) is 0 Å². The van der Waals surface area contributed by atoms with Gasteiger partial charge in [-0.05, 0) is 31.5 Å². The minimum atomic E-state index is 0.219. The molecular formula is C11H16BrNO.